The van der Waals surface area contributed by atoms with Crippen molar-refractivity contribution in [3.8, 4) is 0 Å². The number of hydrogen-bond acceptors (Lipinski definition) is 3. The average Bonchev–Trinajstić information content (AvgIpc) is 3.11. The van der Waals surface area contributed by atoms with Gasteiger partial charge in [0.05, 0.1) is 12.4 Å². The molecule has 116 valence electrons. The first-order chi connectivity index (χ1) is 10.8. The van der Waals surface area contributed by atoms with Crippen LogP contribution in [0.15, 0.2) is 53.1 Å². The Kier molecular flexibility index (Phi) is 4.59. The quantitative estimate of drug-likeness (QED) is 0.867. The number of carbonyl (C=O) groups excluding carboxylic acids is 1. The number of rotatable bonds is 4. The molecule has 4 nitrogen and oxygen atoms in total. The van der Waals surface area contributed by atoms with E-state index < -0.39 is 0 Å². The number of hydrogen-bond donors (Lipinski definition) is 0. The van der Waals surface area contributed by atoms with Gasteiger partial charge in [-0.3, -0.25) is 4.79 Å². The largest absolute Gasteiger partial charge is 0.459 e. The minimum absolute atomic E-state index is 0.0165. The first-order valence-corrected chi connectivity index (χ1v) is 7.70. The summed E-state index contributed by atoms with van der Waals surface area (Å²) in [5, 5.41) is 0. The minimum atomic E-state index is -0.0165. The predicted molar refractivity (Wildman–Crippen MR) is 83.5 cm³/mol. The molecule has 2 aromatic rings. The molecule has 0 aliphatic carbocycles. The van der Waals surface area contributed by atoms with Crippen molar-refractivity contribution in [3.05, 3.63) is 60.1 Å². The molecule has 1 fully saturated rings. The molecular formula is C18H21NO3. The lowest BCUT2D eigenvalue weighted by molar-refractivity contribution is 0.0187. The molecule has 1 aromatic heterocycles. The Hall–Kier alpha value is -2.07. The molecule has 0 bridgehead atoms. The van der Waals surface area contributed by atoms with E-state index in [9.17, 15) is 4.79 Å². The molecule has 1 amide bonds. The van der Waals surface area contributed by atoms with E-state index in [0.717, 1.165) is 25.9 Å². The highest BCUT2D eigenvalue weighted by Crippen LogP contribution is 2.33. The van der Waals surface area contributed by atoms with Crippen molar-refractivity contribution in [2.24, 2.45) is 5.92 Å². The highest BCUT2D eigenvalue weighted by Gasteiger charge is 2.30. The maximum Gasteiger partial charge on any atom is 0.289 e. The Morgan fingerprint density at radius 2 is 1.91 bits per heavy atom. The SMILES string of the molecule is COC(c1ccccc1)C1CCN(C(=O)c2ccco2)CC1. The second-order valence-electron chi connectivity index (χ2n) is 5.67. The molecule has 4 heteroatoms. The van der Waals surface area contributed by atoms with Gasteiger partial charge in [0, 0.05) is 20.2 Å². The van der Waals surface area contributed by atoms with Gasteiger partial charge in [0.2, 0.25) is 0 Å². The lowest BCUT2D eigenvalue weighted by atomic mass is 9.87. The second-order valence-corrected chi connectivity index (χ2v) is 5.67. The van der Waals surface area contributed by atoms with Crippen molar-refractivity contribution >= 4 is 5.91 Å². The summed E-state index contributed by atoms with van der Waals surface area (Å²) < 4.78 is 10.9. The van der Waals surface area contributed by atoms with Crippen LogP contribution in [0.3, 0.4) is 0 Å². The molecule has 22 heavy (non-hydrogen) atoms. The molecule has 2 heterocycles. The van der Waals surface area contributed by atoms with E-state index in [4.69, 9.17) is 9.15 Å². The van der Waals surface area contributed by atoms with Crippen LogP contribution in [0.25, 0.3) is 0 Å². The van der Waals surface area contributed by atoms with Gasteiger partial charge in [-0.2, -0.15) is 0 Å². The van der Waals surface area contributed by atoms with E-state index in [1.807, 2.05) is 23.1 Å². The van der Waals surface area contributed by atoms with Gasteiger partial charge >= 0.3 is 0 Å². The molecule has 0 N–H and O–H groups in total. The Bertz CT molecular complexity index is 586. The van der Waals surface area contributed by atoms with Gasteiger partial charge in [-0.15, -0.1) is 0 Å². The van der Waals surface area contributed by atoms with Crippen molar-refractivity contribution in [2.45, 2.75) is 18.9 Å². The number of ether oxygens (including phenoxy) is 1. The van der Waals surface area contributed by atoms with Crippen molar-refractivity contribution in [1.82, 2.24) is 4.90 Å². The van der Waals surface area contributed by atoms with Crippen LogP contribution in [0.5, 0.6) is 0 Å². The third-order valence-corrected chi connectivity index (χ3v) is 4.37. The Labute approximate surface area is 130 Å². The summed E-state index contributed by atoms with van der Waals surface area (Å²) in [5.74, 6) is 0.843. The van der Waals surface area contributed by atoms with Crippen LogP contribution in [-0.2, 0) is 4.74 Å². The van der Waals surface area contributed by atoms with E-state index in [-0.39, 0.29) is 12.0 Å². The highest BCUT2D eigenvalue weighted by atomic mass is 16.5. The van der Waals surface area contributed by atoms with Gasteiger partial charge in [0.1, 0.15) is 0 Å². The van der Waals surface area contributed by atoms with Gasteiger partial charge in [-0.05, 0) is 36.5 Å². The molecule has 1 aliphatic heterocycles. The Balaban J connectivity index is 1.62. The van der Waals surface area contributed by atoms with Crippen LogP contribution in [0, 0.1) is 5.92 Å². The molecule has 0 saturated carbocycles. The topological polar surface area (TPSA) is 42.7 Å². The number of benzene rings is 1. The lowest BCUT2D eigenvalue weighted by Gasteiger charge is -2.35. The molecule has 1 atom stereocenters. The summed E-state index contributed by atoms with van der Waals surface area (Å²) in [4.78, 5) is 14.1. The maximum atomic E-state index is 12.3. The lowest BCUT2D eigenvalue weighted by Crippen LogP contribution is -2.39. The van der Waals surface area contributed by atoms with Gasteiger partial charge in [0.15, 0.2) is 5.76 Å². The number of piperidine rings is 1. The monoisotopic (exact) mass is 299 g/mol. The van der Waals surface area contributed by atoms with Crippen LogP contribution in [0.1, 0.15) is 35.1 Å². The fraction of sp³-hybridized carbons (Fsp3) is 0.389. The molecule has 1 aromatic carbocycles. The second kappa shape index (κ2) is 6.79. The number of nitrogens with zero attached hydrogens (tertiary/aromatic N) is 1. The van der Waals surface area contributed by atoms with Crippen LogP contribution >= 0.6 is 0 Å². The normalized spacial score (nSPS) is 17.4. The summed E-state index contributed by atoms with van der Waals surface area (Å²) in [6.45, 7) is 1.49. The maximum absolute atomic E-state index is 12.3. The first kappa shape index (κ1) is 14.9. The zero-order valence-corrected chi connectivity index (χ0v) is 12.8. The zero-order valence-electron chi connectivity index (χ0n) is 12.8. The van der Waals surface area contributed by atoms with E-state index >= 15 is 0 Å². The van der Waals surface area contributed by atoms with Gasteiger partial charge < -0.3 is 14.1 Å². The van der Waals surface area contributed by atoms with Crippen LogP contribution in [-0.4, -0.2) is 31.0 Å². The third kappa shape index (κ3) is 3.07. The van der Waals surface area contributed by atoms with E-state index in [2.05, 4.69) is 12.1 Å². The molecule has 0 spiro atoms. The zero-order chi connectivity index (χ0) is 15.4. The molecule has 1 unspecified atom stereocenters. The van der Waals surface area contributed by atoms with Gasteiger partial charge in [-0.25, -0.2) is 0 Å². The van der Waals surface area contributed by atoms with Crippen molar-refractivity contribution < 1.29 is 13.9 Å². The van der Waals surface area contributed by atoms with Gasteiger partial charge in [-0.1, -0.05) is 30.3 Å². The fourth-order valence-electron chi connectivity index (χ4n) is 3.20. The number of amides is 1. The fourth-order valence-corrected chi connectivity index (χ4v) is 3.20. The molecular weight excluding hydrogens is 278 g/mol. The first-order valence-electron chi connectivity index (χ1n) is 7.70. The predicted octanol–water partition coefficient (Wildman–Crippen LogP) is 3.52. The minimum Gasteiger partial charge on any atom is -0.459 e. The molecule has 1 aliphatic rings. The van der Waals surface area contributed by atoms with Gasteiger partial charge in [0.25, 0.3) is 5.91 Å². The van der Waals surface area contributed by atoms with E-state index in [1.165, 1.54) is 11.8 Å². The number of methoxy groups -OCH3 is 1. The summed E-state index contributed by atoms with van der Waals surface area (Å²) in [5.41, 5.74) is 1.21. The summed E-state index contributed by atoms with van der Waals surface area (Å²) in [6.07, 6.45) is 3.53. The smallest absolute Gasteiger partial charge is 0.289 e. The van der Waals surface area contributed by atoms with Crippen molar-refractivity contribution in [2.75, 3.05) is 20.2 Å². The van der Waals surface area contributed by atoms with Crippen LogP contribution < -0.4 is 0 Å². The standard InChI is InChI=1S/C18H21NO3/c1-21-17(14-6-3-2-4-7-14)15-9-11-19(12-10-15)18(20)16-8-5-13-22-16/h2-8,13,15,17H,9-12H2,1H3. The average molecular weight is 299 g/mol. The van der Waals surface area contributed by atoms with Crippen LogP contribution in [0.2, 0.25) is 0 Å². The third-order valence-electron chi connectivity index (χ3n) is 4.37. The Morgan fingerprint density at radius 1 is 1.18 bits per heavy atom. The van der Waals surface area contributed by atoms with Crippen LogP contribution in [0.4, 0.5) is 0 Å². The van der Waals surface area contributed by atoms with Crippen molar-refractivity contribution in [1.29, 1.82) is 0 Å². The van der Waals surface area contributed by atoms with Crippen molar-refractivity contribution in [3.63, 3.8) is 0 Å². The van der Waals surface area contributed by atoms with E-state index in [1.54, 1.807) is 19.2 Å². The number of furan rings is 1. The number of carbonyl (C=O) groups is 1. The van der Waals surface area contributed by atoms with E-state index in [0.29, 0.717) is 11.7 Å². The molecule has 1 saturated heterocycles. The summed E-state index contributed by atoms with van der Waals surface area (Å²) >= 11 is 0. The Morgan fingerprint density at radius 3 is 2.50 bits per heavy atom. The summed E-state index contributed by atoms with van der Waals surface area (Å²) in [7, 11) is 1.76. The number of likely N-dealkylation sites (tertiary alicyclic amines) is 1. The highest BCUT2D eigenvalue weighted by molar-refractivity contribution is 5.91. The molecule has 3 rings (SSSR count). The molecule has 0 radical (unpaired) electrons. The summed E-state index contributed by atoms with van der Waals surface area (Å²) in [6, 6.07) is 13.8.